The van der Waals surface area contributed by atoms with Crippen molar-refractivity contribution in [1.29, 1.82) is 0 Å². The molecule has 0 radical (unpaired) electrons. The molecule has 0 spiro atoms. The van der Waals surface area contributed by atoms with Gasteiger partial charge in [0.1, 0.15) is 0 Å². The van der Waals surface area contributed by atoms with Gasteiger partial charge in [0, 0.05) is 4.83 Å². The molecule has 0 aromatic rings. The molecule has 16 heavy (non-hydrogen) atoms. The lowest BCUT2D eigenvalue weighted by Crippen LogP contribution is -2.27. The van der Waals surface area contributed by atoms with E-state index >= 15 is 0 Å². The molecule has 0 aromatic carbocycles. The van der Waals surface area contributed by atoms with Crippen molar-refractivity contribution in [3.63, 3.8) is 0 Å². The Balaban J connectivity index is 1.96. The molecule has 1 heteroatoms. The molecule has 2 saturated carbocycles. The zero-order chi connectivity index (χ0) is 11.4. The van der Waals surface area contributed by atoms with Gasteiger partial charge in [0.2, 0.25) is 0 Å². The van der Waals surface area contributed by atoms with Gasteiger partial charge in [-0.1, -0.05) is 67.8 Å². The minimum Gasteiger partial charge on any atom is -0.0891 e. The summed E-state index contributed by atoms with van der Waals surface area (Å²) in [7, 11) is 0. The monoisotopic (exact) mass is 286 g/mol. The van der Waals surface area contributed by atoms with Crippen molar-refractivity contribution in [3.8, 4) is 0 Å². The first-order chi connectivity index (χ1) is 7.81. The molecule has 0 N–H and O–H groups in total. The fourth-order valence-corrected chi connectivity index (χ4v) is 4.89. The van der Waals surface area contributed by atoms with E-state index in [0.717, 1.165) is 22.6 Å². The summed E-state index contributed by atoms with van der Waals surface area (Å²) >= 11 is 3.89. The van der Waals surface area contributed by atoms with Gasteiger partial charge in [0.15, 0.2) is 0 Å². The lowest BCUT2D eigenvalue weighted by Gasteiger charge is -2.37. The van der Waals surface area contributed by atoms with Crippen LogP contribution in [0.2, 0.25) is 0 Å². The molecule has 4 unspecified atom stereocenters. The van der Waals surface area contributed by atoms with E-state index in [-0.39, 0.29) is 0 Å². The predicted molar refractivity (Wildman–Crippen MR) is 75.0 cm³/mol. The standard InChI is InChI=1S/C15H27Br/c1-2-12-7-4-6-10-15(12)13-8-3-5-9-14(16)11-13/h12-15H,2-11H2,1H3. The third-order valence-corrected chi connectivity index (χ3v) is 5.83. The zero-order valence-corrected chi connectivity index (χ0v) is 12.3. The molecule has 94 valence electrons. The fourth-order valence-electron chi connectivity index (χ4n) is 4.09. The maximum atomic E-state index is 3.89. The molecule has 0 saturated heterocycles. The van der Waals surface area contributed by atoms with Crippen LogP contribution in [-0.2, 0) is 0 Å². The molecule has 2 rings (SSSR count). The maximum absolute atomic E-state index is 3.89. The van der Waals surface area contributed by atoms with Crippen LogP contribution in [0.1, 0.15) is 71.1 Å². The van der Waals surface area contributed by atoms with Gasteiger partial charge in [-0.2, -0.15) is 0 Å². The highest BCUT2D eigenvalue weighted by Crippen LogP contribution is 2.43. The van der Waals surface area contributed by atoms with Crippen LogP contribution >= 0.6 is 15.9 Å². The smallest absolute Gasteiger partial charge is 0.0148 e. The van der Waals surface area contributed by atoms with Gasteiger partial charge in [0.05, 0.1) is 0 Å². The quantitative estimate of drug-likeness (QED) is 0.461. The number of hydrogen-bond acceptors (Lipinski definition) is 0. The Labute approximate surface area is 110 Å². The van der Waals surface area contributed by atoms with E-state index in [0.29, 0.717) is 0 Å². The van der Waals surface area contributed by atoms with E-state index in [9.17, 15) is 0 Å². The fraction of sp³-hybridized carbons (Fsp3) is 1.00. The highest BCUT2D eigenvalue weighted by Gasteiger charge is 2.32. The second kappa shape index (κ2) is 6.42. The Hall–Kier alpha value is 0.480. The van der Waals surface area contributed by atoms with Crippen molar-refractivity contribution in [1.82, 2.24) is 0 Å². The summed E-state index contributed by atoms with van der Waals surface area (Å²) in [6, 6.07) is 0. The molecule has 2 fully saturated rings. The van der Waals surface area contributed by atoms with Crippen molar-refractivity contribution in [2.24, 2.45) is 17.8 Å². The van der Waals surface area contributed by atoms with E-state index in [1.165, 1.54) is 64.2 Å². The third kappa shape index (κ3) is 3.24. The summed E-state index contributed by atoms with van der Waals surface area (Å²) in [6.07, 6.45) is 14.8. The second-order valence-electron chi connectivity index (χ2n) is 5.99. The Kier molecular flexibility index (Phi) is 5.19. The number of rotatable bonds is 2. The summed E-state index contributed by atoms with van der Waals surface area (Å²) in [4.78, 5) is 0.819. The third-order valence-electron chi connectivity index (χ3n) is 5.00. The summed E-state index contributed by atoms with van der Waals surface area (Å²) in [5.41, 5.74) is 0. The van der Waals surface area contributed by atoms with Gasteiger partial charge in [-0.05, 0) is 37.0 Å². The first kappa shape index (κ1) is 12.9. The van der Waals surface area contributed by atoms with Crippen molar-refractivity contribution in [3.05, 3.63) is 0 Å². The van der Waals surface area contributed by atoms with Crippen LogP contribution in [0.4, 0.5) is 0 Å². The molecular weight excluding hydrogens is 260 g/mol. The molecule has 0 amide bonds. The van der Waals surface area contributed by atoms with E-state index in [4.69, 9.17) is 0 Å². The van der Waals surface area contributed by atoms with Crippen molar-refractivity contribution < 1.29 is 0 Å². The Morgan fingerprint density at radius 3 is 2.44 bits per heavy atom. The van der Waals surface area contributed by atoms with Gasteiger partial charge in [0.25, 0.3) is 0 Å². The Bertz CT molecular complexity index is 202. The minimum atomic E-state index is 0.819. The van der Waals surface area contributed by atoms with Crippen molar-refractivity contribution >= 4 is 15.9 Å². The van der Waals surface area contributed by atoms with Gasteiger partial charge >= 0.3 is 0 Å². The van der Waals surface area contributed by atoms with Crippen LogP contribution in [-0.4, -0.2) is 4.83 Å². The van der Waals surface area contributed by atoms with E-state index in [1.54, 1.807) is 0 Å². The Morgan fingerprint density at radius 1 is 0.938 bits per heavy atom. The highest BCUT2D eigenvalue weighted by molar-refractivity contribution is 9.09. The molecule has 4 atom stereocenters. The van der Waals surface area contributed by atoms with E-state index < -0.39 is 0 Å². The molecule has 2 aliphatic rings. The largest absolute Gasteiger partial charge is 0.0891 e. The van der Waals surface area contributed by atoms with Crippen LogP contribution in [0.25, 0.3) is 0 Å². The number of hydrogen-bond donors (Lipinski definition) is 0. The van der Waals surface area contributed by atoms with Gasteiger partial charge < -0.3 is 0 Å². The summed E-state index contributed by atoms with van der Waals surface area (Å²) in [5, 5.41) is 0. The zero-order valence-electron chi connectivity index (χ0n) is 10.8. The second-order valence-corrected chi connectivity index (χ2v) is 7.29. The van der Waals surface area contributed by atoms with E-state index in [2.05, 4.69) is 22.9 Å². The Morgan fingerprint density at radius 2 is 1.62 bits per heavy atom. The number of halogens is 1. The van der Waals surface area contributed by atoms with Gasteiger partial charge in [-0.3, -0.25) is 0 Å². The van der Waals surface area contributed by atoms with Crippen molar-refractivity contribution in [2.45, 2.75) is 76.0 Å². The van der Waals surface area contributed by atoms with Crippen LogP contribution in [0, 0.1) is 17.8 Å². The first-order valence-electron chi connectivity index (χ1n) is 7.45. The molecule has 0 aromatic heterocycles. The minimum absolute atomic E-state index is 0.819. The van der Waals surface area contributed by atoms with Crippen LogP contribution in [0.15, 0.2) is 0 Å². The lowest BCUT2D eigenvalue weighted by molar-refractivity contribution is 0.144. The van der Waals surface area contributed by atoms with E-state index in [1.807, 2.05) is 0 Å². The molecular formula is C15H27Br. The summed E-state index contributed by atoms with van der Waals surface area (Å²) in [6.45, 7) is 2.41. The van der Waals surface area contributed by atoms with Gasteiger partial charge in [-0.15, -0.1) is 0 Å². The highest BCUT2D eigenvalue weighted by atomic mass is 79.9. The SMILES string of the molecule is CCC1CCCCC1C1CCCCC(Br)C1. The normalized spacial score (nSPS) is 41.6. The van der Waals surface area contributed by atoms with Crippen molar-refractivity contribution in [2.75, 3.05) is 0 Å². The summed E-state index contributed by atoms with van der Waals surface area (Å²) < 4.78 is 0. The lowest BCUT2D eigenvalue weighted by atomic mass is 9.69. The average molecular weight is 287 g/mol. The maximum Gasteiger partial charge on any atom is 0.0148 e. The number of alkyl halides is 1. The van der Waals surface area contributed by atoms with Gasteiger partial charge in [-0.25, -0.2) is 0 Å². The molecule has 0 nitrogen and oxygen atoms in total. The van der Waals surface area contributed by atoms with Crippen LogP contribution in [0.5, 0.6) is 0 Å². The molecule has 0 bridgehead atoms. The van der Waals surface area contributed by atoms with Crippen LogP contribution < -0.4 is 0 Å². The average Bonchev–Trinajstić information content (AvgIpc) is 2.54. The first-order valence-corrected chi connectivity index (χ1v) is 8.37. The molecule has 2 aliphatic carbocycles. The van der Waals surface area contributed by atoms with Crippen LogP contribution in [0.3, 0.4) is 0 Å². The predicted octanol–water partition coefficient (Wildman–Crippen LogP) is 5.55. The molecule has 0 aliphatic heterocycles. The molecule has 0 heterocycles. The topological polar surface area (TPSA) is 0 Å². The summed E-state index contributed by atoms with van der Waals surface area (Å²) in [5.74, 6) is 3.16.